The van der Waals surface area contributed by atoms with Gasteiger partial charge in [-0.2, -0.15) is 13.7 Å². The quantitative estimate of drug-likeness (QED) is 0.232. The number of nitriles is 1. The van der Waals surface area contributed by atoms with Gasteiger partial charge in [-0.15, -0.1) is 10.2 Å². The normalized spacial score (nSPS) is 14.8. The van der Waals surface area contributed by atoms with E-state index in [4.69, 9.17) is 18.1 Å². The Bertz CT molecular complexity index is 1560. The summed E-state index contributed by atoms with van der Waals surface area (Å²) in [5.41, 5.74) is 4.24. The maximum Gasteiger partial charge on any atom is 0.277 e. The average molecular weight is 536 g/mol. The zero-order chi connectivity index (χ0) is 25.8. The van der Waals surface area contributed by atoms with Gasteiger partial charge in [0, 0.05) is 11.3 Å². The highest BCUT2D eigenvalue weighted by Gasteiger charge is 2.24. The molecule has 188 valence electrons. The Hall–Kier alpha value is -3.85. The van der Waals surface area contributed by atoms with Gasteiger partial charge in [0.2, 0.25) is 5.89 Å². The van der Waals surface area contributed by atoms with Crippen molar-refractivity contribution in [2.75, 3.05) is 19.5 Å². The van der Waals surface area contributed by atoms with E-state index >= 15 is 0 Å². The largest absolute Gasteiger partial charge is 0.486 e. The molecule has 11 heteroatoms. The average Bonchev–Trinajstić information content (AvgIpc) is 3.39. The van der Waals surface area contributed by atoms with Crippen LogP contribution in [0.1, 0.15) is 11.1 Å². The summed E-state index contributed by atoms with van der Waals surface area (Å²) in [4.78, 5) is 0. The first-order valence-corrected chi connectivity index (χ1v) is 14.0. The summed E-state index contributed by atoms with van der Waals surface area (Å²) < 4.78 is 44.6. The number of thioether (sulfide) groups is 1. The van der Waals surface area contributed by atoms with Gasteiger partial charge >= 0.3 is 0 Å². The maximum atomic E-state index is 11.2. The fourth-order valence-corrected chi connectivity index (χ4v) is 4.79. The Balaban J connectivity index is 1.22. The molecule has 9 nitrogen and oxygen atoms in total. The summed E-state index contributed by atoms with van der Waals surface area (Å²) in [5, 5.41) is 18.0. The van der Waals surface area contributed by atoms with E-state index in [1.54, 1.807) is 24.3 Å². The Labute approximate surface area is 218 Å². The van der Waals surface area contributed by atoms with Gasteiger partial charge in [0.05, 0.1) is 17.9 Å². The van der Waals surface area contributed by atoms with Crippen LogP contribution >= 0.6 is 11.8 Å². The molecule has 0 spiro atoms. The van der Waals surface area contributed by atoms with Crippen molar-refractivity contribution in [3.63, 3.8) is 0 Å². The fourth-order valence-electron chi connectivity index (χ4n) is 3.67. The van der Waals surface area contributed by atoms with Crippen molar-refractivity contribution in [1.29, 1.82) is 5.26 Å². The summed E-state index contributed by atoms with van der Waals surface area (Å²) in [6.45, 7) is 0.0324. The third-order valence-electron chi connectivity index (χ3n) is 5.46. The van der Waals surface area contributed by atoms with Gasteiger partial charge in [0.1, 0.15) is 13.2 Å². The molecule has 1 aromatic heterocycles. The predicted octanol–water partition coefficient (Wildman–Crippen LogP) is 4.68. The van der Waals surface area contributed by atoms with E-state index in [0.717, 1.165) is 22.9 Å². The molecule has 0 fully saturated rings. The van der Waals surface area contributed by atoms with Crippen LogP contribution in [0.5, 0.6) is 11.5 Å². The number of hydrogen-bond acceptors (Lipinski definition) is 10. The number of benzene rings is 3. The highest BCUT2D eigenvalue weighted by atomic mass is 32.2. The minimum absolute atomic E-state index is 0.143. The Kier molecular flexibility index (Phi) is 7.14. The molecule has 3 aromatic carbocycles. The molecule has 0 saturated carbocycles. The van der Waals surface area contributed by atoms with E-state index in [0.29, 0.717) is 39.5 Å². The van der Waals surface area contributed by atoms with E-state index in [-0.39, 0.29) is 13.2 Å². The minimum atomic E-state index is -3.58. The zero-order valence-corrected chi connectivity index (χ0v) is 21.3. The lowest BCUT2D eigenvalue weighted by atomic mass is 10.00. The summed E-state index contributed by atoms with van der Waals surface area (Å²) in [6, 6.07) is 23.0. The van der Waals surface area contributed by atoms with Crippen LogP contribution in [0.3, 0.4) is 0 Å². The second-order valence-corrected chi connectivity index (χ2v) is 10.8. The van der Waals surface area contributed by atoms with Gasteiger partial charge in [-0.1, -0.05) is 54.2 Å². The fraction of sp³-hybridized carbons (Fsp3) is 0.192. The van der Waals surface area contributed by atoms with Gasteiger partial charge in [-0.3, -0.25) is 4.18 Å². The van der Waals surface area contributed by atoms with Crippen molar-refractivity contribution in [2.24, 2.45) is 0 Å². The van der Waals surface area contributed by atoms with E-state index in [2.05, 4.69) is 16.3 Å². The molecule has 37 heavy (non-hydrogen) atoms. The molecule has 5 rings (SSSR count). The van der Waals surface area contributed by atoms with Crippen LogP contribution in [0.15, 0.2) is 76.4 Å². The standard InChI is InChI=1S/C26H21N3O6S2/c1-37(30,31)33-15-21-14-32-23-11-10-19(12-24(23)34-21)25-28-29-26(35-25)36-16-17-6-8-18(9-7-17)22-5-3-2-4-20(22)13-27/h2-12,21H,14-16H2,1H3. The van der Waals surface area contributed by atoms with Gasteiger partial charge in [0.15, 0.2) is 17.6 Å². The van der Waals surface area contributed by atoms with Crippen LogP contribution in [-0.2, 0) is 20.1 Å². The molecule has 1 aliphatic rings. The van der Waals surface area contributed by atoms with Crippen molar-refractivity contribution < 1.29 is 26.5 Å². The summed E-state index contributed by atoms with van der Waals surface area (Å²) in [6.07, 6.45) is 0.421. The molecule has 2 heterocycles. The van der Waals surface area contributed by atoms with Crippen LogP contribution in [0, 0.1) is 11.3 Å². The second kappa shape index (κ2) is 10.6. The molecule has 0 amide bonds. The topological polar surface area (TPSA) is 125 Å². The number of aromatic nitrogens is 2. The zero-order valence-electron chi connectivity index (χ0n) is 19.7. The molecule has 0 bridgehead atoms. The van der Waals surface area contributed by atoms with Crippen molar-refractivity contribution in [2.45, 2.75) is 17.1 Å². The number of rotatable bonds is 8. The third kappa shape index (κ3) is 6.11. The Morgan fingerprint density at radius 3 is 2.62 bits per heavy atom. The molecule has 0 radical (unpaired) electrons. The lowest BCUT2D eigenvalue weighted by Crippen LogP contribution is -2.34. The highest BCUT2D eigenvalue weighted by Crippen LogP contribution is 2.36. The molecule has 0 saturated heterocycles. The van der Waals surface area contributed by atoms with E-state index in [9.17, 15) is 13.7 Å². The number of fused-ring (bicyclic) bond motifs is 1. The first kappa shape index (κ1) is 24.8. The lowest BCUT2D eigenvalue weighted by molar-refractivity contribution is 0.0558. The summed E-state index contributed by atoms with van der Waals surface area (Å²) in [7, 11) is -3.58. The van der Waals surface area contributed by atoms with Crippen LogP contribution in [0.4, 0.5) is 0 Å². The highest BCUT2D eigenvalue weighted by molar-refractivity contribution is 7.98. The molecular weight excluding hydrogens is 514 g/mol. The minimum Gasteiger partial charge on any atom is -0.486 e. The third-order valence-corrected chi connectivity index (χ3v) is 6.91. The van der Waals surface area contributed by atoms with Crippen molar-refractivity contribution in [3.8, 4) is 40.1 Å². The van der Waals surface area contributed by atoms with Crippen LogP contribution in [-0.4, -0.2) is 44.2 Å². The second-order valence-electron chi connectivity index (χ2n) is 8.22. The van der Waals surface area contributed by atoms with E-state index in [1.165, 1.54) is 11.8 Å². The van der Waals surface area contributed by atoms with Crippen LogP contribution in [0.2, 0.25) is 0 Å². The van der Waals surface area contributed by atoms with E-state index < -0.39 is 16.2 Å². The van der Waals surface area contributed by atoms with Crippen LogP contribution in [0.25, 0.3) is 22.6 Å². The molecule has 0 aliphatic carbocycles. The first-order chi connectivity index (χ1) is 17.9. The lowest BCUT2D eigenvalue weighted by Gasteiger charge is -2.26. The van der Waals surface area contributed by atoms with Gasteiger partial charge in [-0.25, -0.2) is 0 Å². The molecule has 1 unspecified atom stereocenters. The summed E-state index contributed by atoms with van der Waals surface area (Å²) >= 11 is 1.41. The van der Waals surface area contributed by atoms with E-state index in [1.807, 2.05) is 42.5 Å². The molecule has 0 N–H and O–H groups in total. The molecule has 1 aliphatic heterocycles. The Morgan fingerprint density at radius 2 is 1.84 bits per heavy atom. The maximum absolute atomic E-state index is 11.2. The van der Waals surface area contributed by atoms with Gasteiger partial charge in [-0.05, 0) is 41.0 Å². The molecule has 1 atom stereocenters. The van der Waals surface area contributed by atoms with Crippen LogP contribution < -0.4 is 9.47 Å². The first-order valence-electron chi connectivity index (χ1n) is 11.2. The van der Waals surface area contributed by atoms with Gasteiger partial charge < -0.3 is 13.9 Å². The van der Waals surface area contributed by atoms with Crippen molar-refractivity contribution in [3.05, 3.63) is 77.9 Å². The SMILES string of the molecule is CS(=O)(=O)OCC1COc2ccc(-c3nnc(SCc4ccc(-c5ccccc5C#N)cc4)o3)cc2O1. The Morgan fingerprint density at radius 1 is 1.05 bits per heavy atom. The van der Waals surface area contributed by atoms with Crippen molar-refractivity contribution >= 4 is 21.9 Å². The number of hydrogen-bond donors (Lipinski definition) is 0. The molecule has 4 aromatic rings. The number of ether oxygens (including phenoxy) is 2. The number of nitrogens with zero attached hydrogens (tertiary/aromatic N) is 3. The monoisotopic (exact) mass is 535 g/mol. The smallest absolute Gasteiger partial charge is 0.277 e. The molecular formula is C26H21N3O6S2. The van der Waals surface area contributed by atoms with Crippen molar-refractivity contribution in [1.82, 2.24) is 10.2 Å². The summed E-state index contributed by atoms with van der Waals surface area (Å²) in [5.74, 6) is 1.93. The van der Waals surface area contributed by atoms with Gasteiger partial charge in [0.25, 0.3) is 15.3 Å². The predicted molar refractivity (Wildman–Crippen MR) is 137 cm³/mol.